The van der Waals surface area contributed by atoms with Gasteiger partial charge in [-0.2, -0.15) is 0 Å². The van der Waals surface area contributed by atoms with Gasteiger partial charge >= 0.3 is 0 Å². The van der Waals surface area contributed by atoms with Crippen LogP contribution in [0.15, 0.2) is 24.3 Å². The number of halogens is 1. The minimum absolute atomic E-state index is 0.00792. The first-order valence-corrected chi connectivity index (χ1v) is 5.07. The number of ether oxygens (including phenoxy) is 1. The van der Waals surface area contributed by atoms with Crippen molar-refractivity contribution in [1.82, 2.24) is 0 Å². The van der Waals surface area contributed by atoms with Gasteiger partial charge in [0.25, 0.3) is 0 Å². The van der Waals surface area contributed by atoms with E-state index in [9.17, 15) is 9.18 Å². The average Bonchev–Trinajstić information content (AvgIpc) is 2.22. The fraction of sp³-hybridized carbons (Fsp3) is 0.417. The summed E-state index contributed by atoms with van der Waals surface area (Å²) in [5, 5.41) is 0. The Kier molecular flexibility index (Phi) is 4.98. The Morgan fingerprint density at radius 3 is 2.80 bits per heavy atom. The van der Waals surface area contributed by atoms with Crippen molar-refractivity contribution in [3.05, 3.63) is 35.6 Å². The number of benzene rings is 1. The van der Waals surface area contributed by atoms with Crippen LogP contribution in [0.1, 0.15) is 18.9 Å². The van der Waals surface area contributed by atoms with Crippen molar-refractivity contribution in [2.45, 2.75) is 19.8 Å². The minimum atomic E-state index is -0.317. The second-order valence-corrected chi connectivity index (χ2v) is 3.25. The molecule has 0 saturated heterocycles. The Hall–Kier alpha value is -1.22. The number of carbonyl (C=O) groups excluding carboxylic acids is 1. The van der Waals surface area contributed by atoms with Crippen molar-refractivity contribution in [3.63, 3.8) is 0 Å². The zero-order valence-electron chi connectivity index (χ0n) is 8.83. The Labute approximate surface area is 89.1 Å². The molecule has 0 bridgehead atoms. The first-order chi connectivity index (χ1) is 7.24. The van der Waals surface area contributed by atoms with Crippen LogP contribution in [0, 0.1) is 5.82 Å². The highest BCUT2D eigenvalue weighted by atomic mass is 19.1. The van der Waals surface area contributed by atoms with E-state index in [1.54, 1.807) is 18.2 Å². The van der Waals surface area contributed by atoms with E-state index in [-0.39, 0.29) is 18.0 Å². The smallest absolute Gasteiger partial charge is 0.139 e. The molecular weight excluding hydrogens is 195 g/mol. The molecule has 0 unspecified atom stereocenters. The summed E-state index contributed by atoms with van der Waals surface area (Å²) in [6, 6.07) is 6.34. The van der Waals surface area contributed by atoms with Gasteiger partial charge in [-0.25, -0.2) is 4.39 Å². The van der Waals surface area contributed by atoms with E-state index in [1.165, 1.54) is 6.07 Å². The summed E-state index contributed by atoms with van der Waals surface area (Å²) in [6.07, 6.45) is 0.502. The SMILES string of the molecule is CCOCCC(=O)Cc1ccccc1F. The highest BCUT2D eigenvalue weighted by Gasteiger charge is 2.07. The minimum Gasteiger partial charge on any atom is -0.381 e. The molecule has 0 heterocycles. The molecule has 0 aliphatic rings. The van der Waals surface area contributed by atoms with Gasteiger partial charge < -0.3 is 4.74 Å². The average molecular weight is 210 g/mol. The second kappa shape index (κ2) is 6.30. The van der Waals surface area contributed by atoms with Crippen molar-refractivity contribution < 1.29 is 13.9 Å². The van der Waals surface area contributed by atoms with E-state index < -0.39 is 0 Å². The number of rotatable bonds is 6. The molecular formula is C12H15FO2. The van der Waals surface area contributed by atoms with Gasteiger partial charge in [0.15, 0.2) is 0 Å². The molecule has 2 nitrogen and oxygen atoms in total. The molecule has 0 atom stereocenters. The molecule has 1 aromatic carbocycles. The molecule has 0 N–H and O–H groups in total. The normalized spacial score (nSPS) is 10.3. The molecule has 82 valence electrons. The lowest BCUT2D eigenvalue weighted by Crippen LogP contribution is -2.08. The number of hydrogen-bond donors (Lipinski definition) is 0. The van der Waals surface area contributed by atoms with Crippen LogP contribution in [0.25, 0.3) is 0 Å². The van der Waals surface area contributed by atoms with Crippen molar-refractivity contribution in [2.75, 3.05) is 13.2 Å². The fourth-order valence-corrected chi connectivity index (χ4v) is 1.27. The second-order valence-electron chi connectivity index (χ2n) is 3.25. The molecule has 1 rings (SSSR count). The lowest BCUT2D eigenvalue weighted by Gasteiger charge is -2.02. The van der Waals surface area contributed by atoms with Crippen LogP contribution < -0.4 is 0 Å². The van der Waals surface area contributed by atoms with E-state index in [4.69, 9.17) is 4.74 Å². The van der Waals surface area contributed by atoms with Crippen molar-refractivity contribution in [1.29, 1.82) is 0 Å². The van der Waals surface area contributed by atoms with E-state index in [0.29, 0.717) is 25.2 Å². The topological polar surface area (TPSA) is 26.3 Å². The highest BCUT2D eigenvalue weighted by molar-refractivity contribution is 5.80. The van der Waals surface area contributed by atoms with Gasteiger partial charge in [-0.15, -0.1) is 0 Å². The van der Waals surface area contributed by atoms with E-state index in [0.717, 1.165) is 0 Å². The monoisotopic (exact) mass is 210 g/mol. The van der Waals surface area contributed by atoms with E-state index >= 15 is 0 Å². The lowest BCUT2D eigenvalue weighted by atomic mass is 10.1. The first-order valence-electron chi connectivity index (χ1n) is 5.07. The number of carbonyl (C=O) groups is 1. The number of Topliss-reactive ketones (excluding diaryl/α,β-unsaturated/α-hetero) is 1. The zero-order chi connectivity index (χ0) is 11.1. The third kappa shape index (κ3) is 4.21. The quantitative estimate of drug-likeness (QED) is 0.674. The zero-order valence-corrected chi connectivity index (χ0v) is 8.83. The largest absolute Gasteiger partial charge is 0.381 e. The molecule has 0 aliphatic heterocycles. The van der Waals surface area contributed by atoms with Crippen LogP contribution in [-0.4, -0.2) is 19.0 Å². The summed E-state index contributed by atoms with van der Waals surface area (Å²) in [5.41, 5.74) is 0.457. The van der Waals surface area contributed by atoms with Crippen LogP contribution in [0.2, 0.25) is 0 Å². The molecule has 0 spiro atoms. The Morgan fingerprint density at radius 2 is 2.13 bits per heavy atom. The summed E-state index contributed by atoms with van der Waals surface area (Å²) in [5.74, 6) is -0.309. The molecule has 3 heteroatoms. The maximum Gasteiger partial charge on any atom is 0.139 e. The molecule has 0 aromatic heterocycles. The van der Waals surface area contributed by atoms with Gasteiger partial charge in [0, 0.05) is 19.4 Å². The molecule has 15 heavy (non-hydrogen) atoms. The Morgan fingerprint density at radius 1 is 1.40 bits per heavy atom. The Bertz CT molecular complexity index is 323. The van der Waals surface area contributed by atoms with Crippen molar-refractivity contribution in [3.8, 4) is 0 Å². The van der Waals surface area contributed by atoms with Gasteiger partial charge in [0.1, 0.15) is 11.6 Å². The summed E-state index contributed by atoms with van der Waals surface area (Å²) in [6.45, 7) is 2.90. The molecule has 0 radical (unpaired) electrons. The number of ketones is 1. The molecule has 1 aromatic rings. The highest BCUT2D eigenvalue weighted by Crippen LogP contribution is 2.08. The lowest BCUT2D eigenvalue weighted by molar-refractivity contribution is -0.119. The Balaban J connectivity index is 2.41. The summed E-state index contributed by atoms with van der Waals surface area (Å²) in [4.78, 5) is 11.4. The predicted molar refractivity (Wildman–Crippen MR) is 56.2 cm³/mol. The van der Waals surface area contributed by atoms with Crippen molar-refractivity contribution in [2.24, 2.45) is 0 Å². The van der Waals surface area contributed by atoms with Gasteiger partial charge in [-0.3, -0.25) is 4.79 Å². The van der Waals surface area contributed by atoms with Crippen molar-refractivity contribution >= 4 is 5.78 Å². The predicted octanol–water partition coefficient (Wildman–Crippen LogP) is 2.36. The number of hydrogen-bond acceptors (Lipinski definition) is 2. The molecule has 0 saturated carbocycles. The van der Waals surface area contributed by atoms with Gasteiger partial charge in [0.05, 0.1) is 6.61 Å². The van der Waals surface area contributed by atoms with Gasteiger partial charge in [-0.05, 0) is 18.6 Å². The third-order valence-electron chi connectivity index (χ3n) is 2.07. The van der Waals surface area contributed by atoms with Crippen LogP contribution >= 0.6 is 0 Å². The van der Waals surface area contributed by atoms with Crippen LogP contribution in [0.4, 0.5) is 4.39 Å². The summed E-state index contributed by atoms with van der Waals surface area (Å²) >= 11 is 0. The maximum absolute atomic E-state index is 13.2. The van der Waals surface area contributed by atoms with Gasteiger partial charge in [-0.1, -0.05) is 18.2 Å². The van der Waals surface area contributed by atoms with Gasteiger partial charge in [0.2, 0.25) is 0 Å². The standard InChI is InChI=1S/C12H15FO2/c1-2-15-8-7-11(14)9-10-5-3-4-6-12(10)13/h3-6H,2,7-9H2,1H3. The summed E-state index contributed by atoms with van der Waals surface area (Å²) in [7, 11) is 0. The van der Waals surface area contributed by atoms with Crippen LogP contribution in [0.5, 0.6) is 0 Å². The molecule has 0 fully saturated rings. The first kappa shape index (κ1) is 11.9. The van der Waals surface area contributed by atoms with E-state index in [1.807, 2.05) is 6.92 Å². The fourth-order valence-electron chi connectivity index (χ4n) is 1.27. The third-order valence-corrected chi connectivity index (χ3v) is 2.07. The van der Waals surface area contributed by atoms with E-state index in [2.05, 4.69) is 0 Å². The maximum atomic E-state index is 13.2. The van der Waals surface area contributed by atoms with Crippen LogP contribution in [-0.2, 0) is 16.0 Å². The van der Waals surface area contributed by atoms with Crippen LogP contribution in [0.3, 0.4) is 0 Å². The molecule has 0 aliphatic carbocycles. The summed E-state index contributed by atoms with van der Waals surface area (Å²) < 4.78 is 18.2. The molecule has 0 amide bonds.